The Balaban J connectivity index is 3.13. The molecule has 0 saturated heterocycles. The van der Waals surface area contributed by atoms with E-state index in [1.54, 1.807) is 7.11 Å². The average Bonchev–Trinajstić information content (AvgIpc) is 2.23. The van der Waals surface area contributed by atoms with Gasteiger partial charge in [0, 0.05) is 0 Å². The molecule has 15 heavy (non-hydrogen) atoms. The molecule has 0 aromatic heterocycles. The van der Waals surface area contributed by atoms with Crippen LogP contribution >= 0.6 is 0 Å². The first kappa shape index (κ1) is 11.9. The number of hydrogen-bond acceptors (Lipinski definition) is 3. The molecule has 0 spiro atoms. The fourth-order valence-electron chi connectivity index (χ4n) is 1.65. The summed E-state index contributed by atoms with van der Waals surface area (Å²) >= 11 is 0. The summed E-state index contributed by atoms with van der Waals surface area (Å²) in [6, 6.07) is 2.06. The van der Waals surface area contributed by atoms with Gasteiger partial charge in [0.2, 0.25) is 0 Å². The summed E-state index contributed by atoms with van der Waals surface area (Å²) in [7, 11) is 1.58. The maximum absolute atomic E-state index is 9.90. The molecule has 0 atom stereocenters. The number of rotatable bonds is 4. The van der Waals surface area contributed by atoms with Crippen LogP contribution in [-0.2, 0) is 6.42 Å². The van der Waals surface area contributed by atoms with Crippen LogP contribution in [0.3, 0.4) is 0 Å². The van der Waals surface area contributed by atoms with Crippen molar-refractivity contribution < 1.29 is 9.84 Å². The molecule has 0 aliphatic heterocycles. The van der Waals surface area contributed by atoms with Crippen molar-refractivity contribution >= 4 is 0 Å². The summed E-state index contributed by atoms with van der Waals surface area (Å²) in [5.41, 5.74) is 8.46. The van der Waals surface area contributed by atoms with Crippen molar-refractivity contribution in [1.82, 2.24) is 0 Å². The maximum Gasteiger partial charge on any atom is 0.163 e. The lowest BCUT2D eigenvalue weighted by Crippen LogP contribution is -2.02. The van der Waals surface area contributed by atoms with E-state index in [9.17, 15) is 5.11 Å². The molecule has 1 aromatic rings. The van der Waals surface area contributed by atoms with E-state index < -0.39 is 0 Å². The highest BCUT2D eigenvalue weighted by Gasteiger charge is 2.12. The Labute approximate surface area is 90.9 Å². The molecule has 0 fully saturated rings. The van der Waals surface area contributed by atoms with Crippen molar-refractivity contribution in [3.63, 3.8) is 0 Å². The molecular formula is C12H19NO2. The number of benzene rings is 1. The zero-order chi connectivity index (χ0) is 11.4. The largest absolute Gasteiger partial charge is 0.504 e. The standard InChI is InChI=1S/C12H19NO2/c1-8-7-10(5-4-6-13)12(15-3)11(14)9(8)2/h7,14H,4-6,13H2,1-3H3. The molecule has 1 aromatic carbocycles. The summed E-state index contributed by atoms with van der Waals surface area (Å²) in [5, 5.41) is 9.90. The maximum atomic E-state index is 9.90. The normalized spacial score (nSPS) is 10.4. The summed E-state index contributed by atoms with van der Waals surface area (Å²) in [6.07, 6.45) is 1.74. The predicted octanol–water partition coefficient (Wildman–Crippen LogP) is 1.91. The van der Waals surface area contributed by atoms with Gasteiger partial charge in [-0.15, -0.1) is 0 Å². The molecule has 0 aliphatic carbocycles. The van der Waals surface area contributed by atoms with E-state index in [1.165, 1.54) is 0 Å². The Kier molecular flexibility index (Phi) is 3.97. The molecule has 0 bridgehead atoms. The van der Waals surface area contributed by atoms with Crippen LogP contribution in [0.25, 0.3) is 0 Å². The van der Waals surface area contributed by atoms with Crippen molar-refractivity contribution in [2.75, 3.05) is 13.7 Å². The molecule has 0 saturated carbocycles. The molecule has 0 aliphatic rings. The van der Waals surface area contributed by atoms with Gasteiger partial charge in [0.15, 0.2) is 11.5 Å². The molecule has 0 radical (unpaired) electrons. The third-order valence-electron chi connectivity index (χ3n) is 2.70. The lowest BCUT2D eigenvalue weighted by Gasteiger charge is -2.14. The molecule has 3 N–H and O–H groups in total. The molecular weight excluding hydrogens is 190 g/mol. The van der Waals surface area contributed by atoms with Crippen molar-refractivity contribution in [1.29, 1.82) is 0 Å². The molecule has 0 unspecified atom stereocenters. The first-order valence-electron chi connectivity index (χ1n) is 5.18. The summed E-state index contributed by atoms with van der Waals surface area (Å²) in [6.45, 7) is 4.52. The zero-order valence-electron chi connectivity index (χ0n) is 9.63. The second kappa shape index (κ2) is 5.03. The minimum Gasteiger partial charge on any atom is -0.504 e. The van der Waals surface area contributed by atoms with Gasteiger partial charge >= 0.3 is 0 Å². The van der Waals surface area contributed by atoms with Gasteiger partial charge in [0.1, 0.15) is 0 Å². The smallest absolute Gasteiger partial charge is 0.163 e. The fraction of sp³-hybridized carbons (Fsp3) is 0.500. The first-order valence-corrected chi connectivity index (χ1v) is 5.18. The molecule has 3 nitrogen and oxygen atoms in total. The SMILES string of the molecule is COc1c(CCCN)cc(C)c(C)c1O. The third kappa shape index (κ3) is 2.42. The van der Waals surface area contributed by atoms with Gasteiger partial charge in [-0.05, 0) is 49.9 Å². The van der Waals surface area contributed by atoms with E-state index >= 15 is 0 Å². The van der Waals surface area contributed by atoms with E-state index in [4.69, 9.17) is 10.5 Å². The van der Waals surface area contributed by atoms with Crippen LogP contribution in [0.4, 0.5) is 0 Å². The highest BCUT2D eigenvalue weighted by atomic mass is 16.5. The molecule has 0 amide bonds. The number of ether oxygens (including phenoxy) is 1. The van der Waals surface area contributed by atoms with Crippen LogP contribution < -0.4 is 10.5 Å². The minimum atomic E-state index is 0.254. The third-order valence-corrected chi connectivity index (χ3v) is 2.70. The Hall–Kier alpha value is -1.22. The summed E-state index contributed by atoms with van der Waals surface area (Å²) < 4.78 is 5.22. The fourth-order valence-corrected chi connectivity index (χ4v) is 1.65. The van der Waals surface area contributed by atoms with Crippen LogP contribution in [0.2, 0.25) is 0 Å². The second-order valence-electron chi connectivity index (χ2n) is 3.75. The molecule has 0 heterocycles. The monoisotopic (exact) mass is 209 g/mol. The van der Waals surface area contributed by atoms with Crippen LogP contribution in [0.15, 0.2) is 6.07 Å². The lowest BCUT2D eigenvalue weighted by atomic mass is 10.0. The number of methoxy groups -OCH3 is 1. The number of aromatic hydroxyl groups is 1. The Bertz CT molecular complexity index is 348. The van der Waals surface area contributed by atoms with Gasteiger partial charge in [0.25, 0.3) is 0 Å². The van der Waals surface area contributed by atoms with Crippen LogP contribution in [-0.4, -0.2) is 18.8 Å². The minimum absolute atomic E-state index is 0.254. The number of hydrogen-bond donors (Lipinski definition) is 2. The van der Waals surface area contributed by atoms with Gasteiger partial charge in [-0.1, -0.05) is 6.07 Å². The van der Waals surface area contributed by atoms with Gasteiger partial charge in [-0.3, -0.25) is 0 Å². The highest BCUT2D eigenvalue weighted by molar-refractivity contribution is 5.53. The predicted molar refractivity (Wildman–Crippen MR) is 61.5 cm³/mol. The number of phenols is 1. The zero-order valence-corrected chi connectivity index (χ0v) is 9.63. The molecule has 1 rings (SSSR count). The topological polar surface area (TPSA) is 55.5 Å². The van der Waals surface area contributed by atoms with Crippen LogP contribution in [0.5, 0.6) is 11.5 Å². The summed E-state index contributed by atoms with van der Waals surface area (Å²) in [5.74, 6) is 0.844. The molecule has 3 heteroatoms. The first-order chi connectivity index (χ1) is 7.11. The number of phenolic OH excluding ortho intramolecular Hbond substituents is 1. The summed E-state index contributed by atoms with van der Waals surface area (Å²) in [4.78, 5) is 0. The van der Waals surface area contributed by atoms with E-state index in [2.05, 4.69) is 6.07 Å². The highest BCUT2D eigenvalue weighted by Crippen LogP contribution is 2.35. The van der Waals surface area contributed by atoms with Crippen molar-refractivity contribution in [3.05, 3.63) is 22.8 Å². The quantitative estimate of drug-likeness (QED) is 0.796. The second-order valence-corrected chi connectivity index (χ2v) is 3.75. The Morgan fingerprint density at radius 3 is 2.60 bits per heavy atom. The lowest BCUT2D eigenvalue weighted by molar-refractivity contribution is 0.367. The Morgan fingerprint density at radius 2 is 2.07 bits per heavy atom. The van der Waals surface area contributed by atoms with Crippen LogP contribution in [0.1, 0.15) is 23.1 Å². The van der Waals surface area contributed by atoms with E-state index in [-0.39, 0.29) is 5.75 Å². The number of nitrogens with two attached hydrogens (primary N) is 1. The number of aryl methyl sites for hydroxylation is 2. The van der Waals surface area contributed by atoms with E-state index in [1.807, 2.05) is 13.8 Å². The average molecular weight is 209 g/mol. The molecule has 84 valence electrons. The Morgan fingerprint density at radius 1 is 1.40 bits per heavy atom. The van der Waals surface area contributed by atoms with E-state index in [0.717, 1.165) is 29.5 Å². The van der Waals surface area contributed by atoms with Gasteiger partial charge in [0.05, 0.1) is 7.11 Å². The van der Waals surface area contributed by atoms with Crippen molar-refractivity contribution in [2.45, 2.75) is 26.7 Å². The van der Waals surface area contributed by atoms with Gasteiger partial charge in [-0.2, -0.15) is 0 Å². The van der Waals surface area contributed by atoms with Crippen molar-refractivity contribution in [3.8, 4) is 11.5 Å². The van der Waals surface area contributed by atoms with Gasteiger partial charge < -0.3 is 15.6 Å². The van der Waals surface area contributed by atoms with Gasteiger partial charge in [-0.25, -0.2) is 0 Å². The van der Waals surface area contributed by atoms with Crippen molar-refractivity contribution in [2.24, 2.45) is 5.73 Å². The van der Waals surface area contributed by atoms with Crippen LogP contribution in [0, 0.1) is 13.8 Å². The van der Waals surface area contributed by atoms with E-state index in [0.29, 0.717) is 12.3 Å².